The van der Waals surface area contributed by atoms with Crippen molar-refractivity contribution in [1.82, 2.24) is 24.6 Å². The first-order valence-corrected chi connectivity index (χ1v) is 9.55. The van der Waals surface area contributed by atoms with Crippen molar-refractivity contribution in [2.24, 2.45) is 13.0 Å². The highest BCUT2D eigenvalue weighted by molar-refractivity contribution is 5.93. The molecule has 1 atom stereocenters. The fourth-order valence-corrected chi connectivity index (χ4v) is 3.48. The molecule has 27 heavy (non-hydrogen) atoms. The van der Waals surface area contributed by atoms with Crippen LogP contribution in [0.15, 0.2) is 16.8 Å². The van der Waals surface area contributed by atoms with Gasteiger partial charge in [0.15, 0.2) is 5.69 Å². The van der Waals surface area contributed by atoms with E-state index in [-0.39, 0.29) is 12.0 Å². The van der Waals surface area contributed by atoms with Crippen molar-refractivity contribution in [3.63, 3.8) is 0 Å². The molecule has 2 aromatic heterocycles. The van der Waals surface area contributed by atoms with Crippen molar-refractivity contribution in [3.05, 3.63) is 23.8 Å². The molecule has 2 fully saturated rings. The second-order valence-corrected chi connectivity index (χ2v) is 7.74. The van der Waals surface area contributed by atoms with E-state index in [1.807, 2.05) is 18.1 Å². The largest absolute Gasteiger partial charge is 0.440 e. The number of aryl methyl sites for hydroxylation is 2. The maximum Gasteiger partial charge on any atom is 0.276 e. The quantitative estimate of drug-likeness (QED) is 0.765. The van der Waals surface area contributed by atoms with Gasteiger partial charge >= 0.3 is 0 Å². The molecule has 8 nitrogen and oxygen atoms in total. The standard InChI is InChI=1S/C19H27N5O3/c1-13-17(21-18(27-13)15-8-20-23(3)10-15)19(25)24(9-14-4-5-14)12-16-11-22(2)6-7-26-16/h8,10,14,16H,4-7,9,11-12H2,1-3H3. The third-order valence-electron chi connectivity index (χ3n) is 5.18. The van der Waals surface area contributed by atoms with Crippen LogP contribution in [-0.2, 0) is 11.8 Å². The second-order valence-electron chi connectivity index (χ2n) is 7.74. The van der Waals surface area contributed by atoms with Gasteiger partial charge in [0.2, 0.25) is 5.89 Å². The molecule has 146 valence electrons. The summed E-state index contributed by atoms with van der Waals surface area (Å²) in [4.78, 5) is 21.9. The van der Waals surface area contributed by atoms with E-state index >= 15 is 0 Å². The molecule has 1 amide bonds. The molecule has 1 unspecified atom stereocenters. The van der Waals surface area contributed by atoms with Gasteiger partial charge in [0.05, 0.1) is 24.5 Å². The summed E-state index contributed by atoms with van der Waals surface area (Å²) >= 11 is 0. The lowest BCUT2D eigenvalue weighted by Gasteiger charge is -2.33. The first-order valence-electron chi connectivity index (χ1n) is 9.55. The smallest absolute Gasteiger partial charge is 0.276 e. The topological polar surface area (TPSA) is 76.6 Å². The minimum atomic E-state index is -0.0740. The number of rotatable bonds is 6. The maximum absolute atomic E-state index is 13.2. The van der Waals surface area contributed by atoms with Crippen LogP contribution in [0.2, 0.25) is 0 Å². The van der Waals surface area contributed by atoms with E-state index in [1.54, 1.807) is 17.8 Å². The van der Waals surface area contributed by atoms with Crippen molar-refractivity contribution in [2.45, 2.75) is 25.9 Å². The summed E-state index contributed by atoms with van der Waals surface area (Å²) < 4.78 is 13.3. The van der Waals surface area contributed by atoms with Gasteiger partial charge in [0.25, 0.3) is 5.91 Å². The number of aromatic nitrogens is 3. The minimum Gasteiger partial charge on any atom is -0.440 e. The molecule has 0 N–H and O–H groups in total. The van der Waals surface area contributed by atoms with E-state index in [0.29, 0.717) is 36.4 Å². The molecule has 0 aromatic carbocycles. The van der Waals surface area contributed by atoms with Crippen LogP contribution >= 0.6 is 0 Å². The predicted octanol–water partition coefficient (Wildman–Crippen LogP) is 1.57. The fraction of sp³-hybridized carbons (Fsp3) is 0.632. The molecule has 1 aliphatic carbocycles. The summed E-state index contributed by atoms with van der Waals surface area (Å²) in [6, 6.07) is 0. The highest BCUT2D eigenvalue weighted by Crippen LogP contribution is 2.31. The van der Waals surface area contributed by atoms with Crippen LogP contribution in [0, 0.1) is 12.8 Å². The summed E-state index contributed by atoms with van der Waals surface area (Å²) in [5.74, 6) is 1.50. The Balaban J connectivity index is 1.53. The molecule has 2 aromatic rings. The van der Waals surface area contributed by atoms with Gasteiger partial charge in [0, 0.05) is 39.4 Å². The highest BCUT2D eigenvalue weighted by Gasteiger charge is 2.32. The van der Waals surface area contributed by atoms with E-state index in [1.165, 1.54) is 12.8 Å². The number of hydrogen-bond donors (Lipinski definition) is 0. The second kappa shape index (κ2) is 7.44. The average molecular weight is 373 g/mol. The molecule has 1 aliphatic heterocycles. The summed E-state index contributed by atoms with van der Waals surface area (Å²) in [6.07, 6.45) is 5.93. The van der Waals surface area contributed by atoms with E-state index < -0.39 is 0 Å². The number of amides is 1. The molecule has 4 rings (SSSR count). The Morgan fingerprint density at radius 1 is 1.33 bits per heavy atom. The van der Waals surface area contributed by atoms with Crippen LogP contribution in [0.3, 0.4) is 0 Å². The number of oxazole rings is 1. The Morgan fingerprint density at radius 2 is 2.15 bits per heavy atom. The Labute approximate surface area is 159 Å². The van der Waals surface area contributed by atoms with Gasteiger partial charge in [-0.1, -0.05) is 0 Å². The predicted molar refractivity (Wildman–Crippen MR) is 99.3 cm³/mol. The first kappa shape index (κ1) is 18.2. The third kappa shape index (κ3) is 4.22. The van der Waals surface area contributed by atoms with Crippen LogP contribution in [0.25, 0.3) is 11.5 Å². The van der Waals surface area contributed by atoms with E-state index in [4.69, 9.17) is 9.15 Å². The Hall–Kier alpha value is -2.19. The molecule has 3 heterocycles. The third-order valence-corrected chi connectivity index (χ3v) is 5.18. The lowest BCUT2D eigenvalue weighted by molar-refractivity contribution is -0.0332. The Kier molecular flexibility index (Phi) is 5.01. The molecular formula is C19H27N5O3. The monoisotopic (exact) mass is 373 g/mol. The molecule has 0 radical (unpaired) electrons. The molecular weight excluding hydrogens is 346 g/mol. The molecule has 0 bridgehead atoms. The molecule has 1 saturated carbocycles. The molecule has 2 aliphatic rings. The SMILES string of the molecule is Cc1oc(-c2cnn(C)c2)nc1C(=O)N(CC1CC1)CC1CN(C)CCO1. The number of hydrogen-bond acceptors (Lipinski definition) is 6. The van der Waals surface area contributed by atoms with Gasteiger partial charge in [0.1, 0.15) is 5.76 Å². The Bertz CT molecular complexity index is 810. The number of ether oxygens (including phenoxy) is 1. The highest BCUT2D eigenvalue weighted by atomic mass is 16.5. The van der Waals surface area contributed by atoms with Gasteiger partial charge in [-0.25, -0.2) is 4.98 Å². The number of likely N-dealkylation sites (N-methyl/N-ethyl adjacent to an activating group) is 1. The average Bonchev–Trinajstić information content (AvgIpc) is 3.21. The van der Waals surface area contributed by atoms with E-state index in [9.17, 15) is 4.79 Å². The van der Waals surface area contributed by atoms with Gasteiger partial charge < -0.3 is 19.0 Å². The van der Waals surface area contributed by atoms with Crippen molar-refractivity contribution in [3.8, 4) is 11.5 Å². The van der Waals surface area contributed by atoms with Gasteiger partial charge in [-0.2, -0.15) is 5.10 Å². The number of nitrogens with zero attached hydrogens (tertiary/aromatic N) is 5. The van der Waals surface area contributed by atoms with Gasteiger partial charge in [-0.3, -0.25) is 9.48 Å². The zero-order chi connectivity index (χ0) is 19.0. The number of morpholine rings is 1. The molecule has 8 heteroatoms. The Morgan fingerprint density at radius 3 is 2.81 bits per heavy atom. The van der Waals surface area contributed by atoms with Crippen LogP contribution in [0.4, 0.5) is 0 Å². The molecule has 0 spiro atoms. The zero-order valence-electron chi connectivity index (χ0n) is 16.2. The fourth-order valence-electron chi connectivity index (χ4n) is 3.48. The maximum atomic E-state index is 13.2. The van der Waals surface area contributed by atoms with Crippen LogP contribution < -0.4 is 0 Å². The normalized spacial score (nSPS) is 20.8. The van der Waals surface area contributed by atoms with Gasteiger partial charge in [-0.15, -0.1) is 0 Å². The number of carbonyl (C=O) groups excluding carboxylic acids is 1. The van der Waals surface area contributed by atoms with Gasteiger partial charge in [-0.05, 0) is 32.7 Å². The van der Waals surface area contributed by atoms with Crippen molar-refractivity contribution in [2.75, 3.05) is 39.8 Å². The summed E-state index contributed by atoms with van der Waals surface area (Å²) in [5.41, 5.74) is 1.16. The van der Waals surface area contributed by atoms with Crippen LogP contribution in [0.5, 0.6) is 0 Å². The summed E-state index contributed by atoms with van der Waals surface area (Å²) in [5, 5.41) is 4.14. The van der Waals surface area contributed by atoms with Crippen molar-refractivity contribution < 1.29 is 13.9 Å². The first-order chi connectivity index (χ1) is 13.0. The van der Waals surface area contributed by atoms with E-state index in [0.717, 1.165) is 25.2 Å². The van der Waals surface area contributed by atoms with Crippen LogP contribution in [0.1, 0.15) is 29.1 Å². The lowest BCUT2D eigenvalue weighted by Crippen LogP contribution is -2.48. The summed E-state index contributed by atoms with van der Waals surface area (Å²) in [7, 11) is 3.93. The zero-order valence-corrected chi connectivity index (χ0v) is 16.2. The number of carbonyl (C=O) groups is 1. The van der Waals surface area contributed by atoms with Crippen molar-refractivity contribution in [1.29, 1.82) is 0 Å². The summed E-state index contributed by atoms with van der Waals surface area (Å²) in [6.45, 7) is 5.63. The minimum absolute atomic E-state index is 0.0384. The van der Waals surface area contributed by atoms with E-state index in [2.05, 4.69) is 22.0 Å². The van der Waals surface area contributed by atoms with Crippen LogP contribution in [-0.4, -0.2) is 76.4 Å². The van der Waals surface area contributed by atoms with Crippen molar-refractivity contribution >= 4 is 5.91 Å². The molecule has 1 saturated heterocycles. The lowest BCUT2D eigenvalue weighted by atomic mass is 10.2.